The van der Waals surface area contributed by atoms with Crippen molar-refractivity contribution in [2.24, 2.45) is 11.7 Å². The van der Waals surface area contributed by atoms with Gasteiger partial charge in [-0.25, -0.2) is 0 Å². The summed E-state index contributed by atoms with van der Waals surface area (Å²) in [6.07, 6.45) is 0.828. The third-order valence-corrected chi connectivity index (χ3v) is 3.18. The molecule has 0 heterocycles. The molecule has 1 rings (SSSR count). The predicted molar refractivity (Wildman–Crippen MR) is 72.4 cm³/mol. The van der Waals surface area contributed by atoms with Gasteiger partial charge in [0.15, 0.2) is 0 Å². The van der Waals surface area contributed by atoms with Crippen LogP contribution in [0.1, 0.15) is 25.8 Å². The molecule has 0 fully saturated rings. The highest BCUT2D eigenvalue weighted by Crippen LogP contribution is 2.14. The van der Waals surface area contributed by atoms with Crippen molar-refractivity contribution in [1.29, 1.82) is 0 Å². The summed E-state index contributed by atoms with van der Waals surface area (Å²) < 4.78 is 28.2. The van der Waals surface area contributed by atoms with Gasteiger partial charge in [0, 0.05) is 6.54 Å². The molecule has 0 saturated heterocycles. The fraction of sp³-hybridized carbons (Fsp3) is 0.500. The Kier molecular flexibility index (Phi) is 6.38. The Hall–Kier alpha value is -1.69. The highest BCUT2D eigenvalue weighted by molar-refractivity contribution is 5.81. The van der Waals surface area contributed by atoms with Crippen LogP contribution in [0.4, 0.5) is 8.78 Å². The molecule has 6 heteroatoms. The molecule has 112 valence electrons. The molecule has 1 aromatic rings. The molecule has 3 N–H and O–H groups in total. The maximum Gasteiger partial charge on any atom is 0.387 e. The zero-order valence-corrected chi connectivity index (χ0v) is 11.6. The van der Waals surface area contributed by atoms with Crippen molar-refractivity contribution >= 4 is 5.91 Å². The van der Waals surface area contributed by atoms with Crippen molar-refractivity contribution in [3.63, 3.8) is 0 Å². The number of rotatable bonds is 7. The van der Waals surface area contributed by atoms with Crippen LogP contribution in [0.2, 0.25) is 0 Å². The van der Waals surface area contributed by atoms with E-state index in [4.69, 9.17) is 5.73 Å². The van der Waals surface area contributed by atoms with Gasteiger partial charge in [-0.1, -0.05) is 32.4 Å². The van der Waals surface area contributed by atoms with Gasteiger partial charge < -0.3 is 15.8 Å². The first kappa shape index (κ1) is 16.4. The van der Waals surface area contributed by atoms with E-state index < -0.39 is 12.7 Å². The number of nitrogens with two attached hydrogens (primary N) is 1. The Morgan fingerprint density at radius 1 is 1.35 bits per heavy atom. The van der Waals surface area contributed by atoms with E-state index in [1.165, 1.54) is 12.1 Å². The largest absolute Gasteiger partial charge is 0.435 e. The number of carbonyl (C=O) groups excluding carboxylic acids is 1. The molecule has 0 aliphatic heterocycles. The average Bonchev–Trinajstić information content (AvgIpc) is 2.44. The molecule has 1 aromatic carbocycles. The van der Waals surface area contributed by atoms with E-state index in [1.54, 1.807) is 12.1 Å². The highest BCUT2D eigenvalue weighted by atomic mass is 19.3. The summed E-state index contributed by atoms with van der Waals surface area (Å²) >= 11 is 0. The maximum absolute atomic E-state index is 12.0. The summed E-state index contributed by atoms with van der Waals surface area (Å²) in [6.45, 7) is 1.35. The van der Waals surface area contributed by atoms with Crippen molar-refractivity contribution in [3.05, 3.63) is 29.8 Å². The highest BCUT2D eigenvalue weighted by Gasteiger charge is 2.18. The van der Waals surface area contributed by atoms with Crippen LogP contribution >= 0.6 is 0 Å². The monoisotopic (exact) mass is 286 g/mol. The molecule has 0 aliphatic rings. The summed E-state index contributed by atoms with van der Waals surface area (Å²) in [5, 5.41) is 2.72. The molecule has 0 radical (unpaired) electrons. The SMILES string of the molecule is CCC(C)[C@H](N)C(=O)NCc1ccc(OC(F)F)cc1. The number of hydrogen-bond donors (Lipinski definition) is 2. The van der Waals surface area contributed by atoms with E-state index >= 15 is 0 Å². The van der Waals surface area contributed by atoms with Crippen molar-refractivity contribution in [2.75, 3.05) is 0 Å². The molecule has 0 spiro atoms. The lowest BCUT2D eigenvalue weighted by Gasteiger charge is -2.17. The molecular weight excluding hydrogens is 266 g/mol. The second-order valence-corrected chi connectivity index (χ2v) is 4.65. The summed E-state index contributed by atoms with van der Waals surface area (Å²) in [7, 11) is 0. The van der Waals surface area contributed by atoms with Crippen LogP contribution in [0, 0.1) is 5.92 Å². The number of nitrogens with one attached hydrogen (secondary N) is 1. The minimum absolute atomic E-state index is 0.0892. The molecule has 4 nitrogen and oxygen atoms in total. The van der Waals surface area contributed by atoms with E-state index in [9.17, 15) is 13.6 Å². The van der Waals surface area contributed by atoms with Crippen molar-refractivity contribution in [3.8, 4) is 5.75 Å². The van der Waals surface area contributed by atoms with Crippen LogP contribution in [-0.2, 0) is 11.3 Å². The molecule has 1 amide bonds. The number of ether oxygens (including phenoxy) is 1. The van der Waals surface area contributed by atoms with E-state index in [1.807, 2.05) is 13.8 Å². The molecule has 20 heavy (non-hydrogen) atoms. The summed E-state index contributed by atoms with van der Waals surface area (Å²) in [6, 6.07) is 5.56. The van der Waals surface area contributed by atoms with Crippen LogP contribution in [0.5, 0.6) is 5.75 Å². The lowest BCUT2D eigenvalue weighted by molar-refractivity contribution is -0.123. The normalized spacial score (nSPS) is 13.9. The minimum Gasteiger partial charge on any atom is -0.435 e. The third-order valence-electron chi connectivity index (χ3n) is 3.18. The lowest BCUT2D eigenvalue weighted by atomic mass is 9.99. The molecule has 0 aromatic heterocycles. The lowest BCUT2D eigenvalue weighted by Crippen LogP contribution is -2.44. The first-order chi connectivity index (χ1) is 9.43. The molecule has 0 bridgehead atoms. The second kappa shape index (κ2) is 7.79. The quantitative estimate of drug-likeness (QED) is 0.808. The van der Waals surface area contributed by atoms with Crippen molar-refractivity contribution in [1.82, 2.24) is 5.32 Å². The molecule has 1 unspecified atom stereocenters. The third kappa shape index (κ3) is 5.13. The van der Waals surface area contributed by atoms with Gasteiger partial charge >= 0.3 is 6.61 Å². The zero-order valence-electron chi connectivity index (χ0n) is 11.6. The zero-order chi connectivity index (χ0) is 15.1. The first-order valence-electron chi connectivity index (χ1n) is 6.51. The Bertz CT molecular complexity index is 424. The summed E-state index contributed by atoms with van der Waals surface area (Å²) in [5.74, 6) is -0.0181. The van der Waals surface area contributed by atoms with Crippen LogP contribution in [-0.4, -0.2) is 18.6 Å². The van der Waals surface area contributed by atoms with Crippen LogP contribution in [0.25, 0.3) is 0 Å². The average molecular weight is 286 g/mol. The van der Waals surface area contributed by atoms with Gasteiger partial charge in [-0.3, -0.25) is 4.79 Å². The summed E-state index contributed by atoms with van der Waals surface area (Å²) in [5.41, 5.74) is 6.59. The van der Waals surface area contributed by atoms with E-state index in [0.717, 1.165) is 12.0 Å². The fourth-order valence-corrected chi connectivity index (χ4v) is 1.61. The molecule has 2 atom stereocenters. The van der Waals surface area contributed by atoms with Gasteiger partial charge in [0.05, 0.1) is 6.04 Å². The van der Waals surface area contributed by atoms with Crippen LogP contribution in [0.15, 0.2) is 24.3 Å². The molecular formula is C14H20F2N2O2. The van der Waals surface area contributed by atoms with Gasteiger partial charge in [0.1, 0.15) is 5.75 Å². The first-order valence-corrected chi connectivity index (χ1v) is 6.51. The number of amides is 1. The van der Waals surface area contributed by atoms with Crippen LogP contribution < -0.4 is 15.8 Å². The summed E-state index contributed by atoms with van der Waals surface area (Å²) in [4.78, 5) is 11.8. The fourth-order valence-electron chi connectivity index (χ4n) is 1.61. The Balaban J connectivity index is 2.47. The van der Waals surface area contributed by atoms with Crippen LogP contribution in [0.3, 0.4) is 0 Å². The number of hydrogen-bond acceptors (Lipinski definition) is 3. The predicted octanol–water partition coefficient (Wildman–Crippen LogP) is 2.28. The number of carbonyl (C=O) groups is 1. The van der Waals surface area contributed by atoms with Crippen molar-refractivity contribution in [2.45, 2.75) is 39.5 Å². The van der Waals surface area contributed by atoms with E-state index in [-0.39, 0.29) is 17.6 Å². The minimum atomic E-state index is -2.84. The standard InChI is InChI=1S/C14H20F2N2O2/c1-3-9(2)12(17)13(19)18-8-10-4-6-11(7-5-10)20-14(15)16/h4-7,9,12,14H,3,8,17H2,1-2H3,(H,18,19)/t9?,12-/m0/s1. The Labute approximate surface area is 117 Å². The second-order valence-electron chi connectivity index (χ2n) is 4.65. The van der Waals surface area contributed by atoms with Gasteiger partial charge in [0.2, 0.25) is 5.91 Å². The van der Waals surface area contributed by atoms with E-state index in [0.29, 0.717) is 6.54 Å². The molecule has 0 saturated carbocycles. The topological polar surface area (TPSA) is 64.4 Å². The van der Waals surface area contributed by atoms with Gasteiger partial charge in [0.25, 0.3) is 0 Å². The maximum atomic E-state index is 12.0. The Morgan fingerprint density at radius 2 is 1.95 bits per heavy atom. The number of alkyl halides is 2. The van der Waals surface area contributed by atoms with E-state index in [2.05, 4.69) is 10.1 Å². The van der Waals surface area contributed by atoms with Gasteiger partial charge in [-0.15, -0.1) is 0 Å². The van der Waals surface area contributed by atoms with Crippen molar-refractivity contribution < 1.29 is 18.3 Å². The van der Waals surface area contributed by atoms with Gasteiger partial charge in [-0.05, 0) is 23.6 Å². The smallest absolute Gasteiger partial charge is 0.387 e. The Morgan fingerprint density at radius 3 is 2.45 bits per heavy atom. The number of halogens is 2. The molecule has 0 aliphatic carbocycles. The van der Waals surface area contributed by atoms with Gasteiger partial charge in [-0.2, -0.15) is 8.78 Å². The number of benzene rings is 1.